The van der Waals surface area contributed by atoms with E-state index < -0.39 is 9.84 Å². The molecule has 2 aromatic rings. The zero-order chi connectivity index (χ0) is 17.0. The fourth-order valence-electron chi connectivity index (χ4n) is 2.36. The summed E-state index contributed by atoms with van der Waals surface area (Å²) in [5, 5.41) is 0.583. The number of hydrogen-bond donors (Lipinski definition) is 1. The summed E-state index contributed by atoms with van der Waals surface area (Å²) in [7, 11) is -1.46. The molecule has 124 valence electrons. The average Bonchev–Trinajstić information content (AvgIpc) is 2.50. The molecular formula is C17H20Cl2NO2S+. The Morgan fingerprint density at radius 2 is 1.78 bits per heavy atom. The molecule has 0 amide bonds. The minimum atomic E-state index is -3.45. The molecule has 0 saturated carbocycles. The lowest BCUT2D eigenvalue weighted by molar-refractivity contribution is -0.891. The third-order valence-corrected chi connectivity index (χ3v) is 6.21. The zero-order valence-corrected chi connectivity index (χ0v) is 15.5. The van der Waals surface area contributed by atoms with Crippen molar-refractivity contribution in [1.82, 2.24) is 0 Å². The summed E-state index contributed by atoms with van der Waals surface area (Å²) in [6, 6.07) is 12.6. The summed E-state index contributed by atoms with van der Waals surface area (Å²) < 4.78 is 24.9. The quantitative estimate of drug-likeness (QED) is 0.846. The van der Waals surface area contributed by atoms with E-state index in [9.17, 15) is 8.42 Å². The summed E-state index contributed by atoms with van der Waals surface area (Å²) in [5.74, 6) is 0.0325. The number of rotatable bonds is 6. The van der Waals surface area contributed by atoms with Gasteiger partial charge < -0.3 is 4.90 Å². The van der Waals surface area contributed by atoms with Gasteiger partial charge in [-0.3, -0.25) is 0 Å². The molecule has 1 unspecified atom stereocenters. The molecule has 2 aromatic carbocycles. The molecule has 1 N–H and O–H groups in total. The number of aryl methyl sites for hydroxylation is 1. The van der Waals surface area contributed by atoms with Crippen LogP contribution in [0.4, 0.5) is 0 Å². The monoisotopic (exact) mass is 372 g/mol. The third-order valence-electron chi connectivity index (χ3n) is 3.78. The van der Waals surface area contributed by atoms with Crippen LogP contribution in [0.2, 0.25) is 10.0 Å². The van der Waals surface area contributed by atoms with Crippen LogP contribution in [0.5, 0.6) is 0 Å². The molecule has 0 aromatic heterocycles. The van der Waals surface area contributed by atoms with Gasteiger partial charge in [0.15, 0.2) is 9.84 Å². The van der Waals surface area contributed by atoms with E-state index >= 15 is 0 Å². The van der Waals surface area contributed by atoms with Crippen LogP contribution in [-0.4, -0.2) is 27.8 Å². The Labute approximate surface area is 147 Å². The molecular weight excluding hydrogens is 353 g/mol. The van der Waals surface area contributed by atoms with Gasteiger partial charge in [-0.25, -0.2) is 8.42 Å². The molecule has 0 spiro atoms. The van der Waals surface area contributed by atoms with Crippen molar-refractivity contribution in [2.24, 2.45) is 0 Å². The van der Waals surface area contributed by atoms with Gasteiger partial charge in [0.05, 0.1) is 23.5 Å². The Morgan fingerprint density at radius 3 is 2.48 bits per heavy atom. The highest BCUT2D eigenvalue weighted by Gasteiger charge is 2.20. The highest BCUT2D eigenvalue weighted by atomic mass is 35.5. The van der Waals surface area contributed by atoms with Crippen LogP contribution in [0.3, 0.4) is 0 Å². The second-order valence-electron chi connectivity index (χ2n) is 5.70. The van der Waals surface area contributed by atoms with Crippen molar-refractivity contribution in [2.45, 2.75) is 18.4 Å². The normalized spacial score (nSPS) is 13.0. The maximum absolute atomic E-state index is 12.5. The van der Waals surface area contributed by atoms with Crippen molar-refractivity contribution >= 4 is 33.0 Å². The molecule has 2 rings (SSSR count). The van der Waals surface area contributed by atoms with E-state index in [4.69, 9.17) is 23.2 Å². The highest BCUT2D eigenvalue weighted by molar-refractivity contribution is 7.91. The number of sulfone groups is 1. The number of hydrogen-bond acceptors (Lipinski definition) is 2. The van der Waals surface area contributed by atoms with Crippen LogP contribution in [-0.2, 0) is 16.4 Å². The molecule has 0 fully saturated rings. The fraction of sp³-hybridized carbons (Fsp3) is 0.294. The zero-order valence-electron chi connectivity index (χ0n) is 13.1. The molecule has 23 heavy (non-hydrogen) atoms. The largest absolute Gasteiger partial charge is 0.333 e. The molecule has 0 aliphatic rings. The van der Waals surface area contributed by atoms with Gasteiger partial charge >= 0.3 is 0 Å². The van der Waals surface area contributed by atoms with Crippen LogP contribution in [0, 0.1) is 6.92 Å². The van der Waals surface area contributed by atoms with Gasteiger partial charge in [0.25, 0.3) is 0 Å². The molecule has 6 heteroatoms. The molecule has 0 aliphatic carbocycles. The molecule has 0 bridgehead atoms. The van der Waals surface area contributed by atoms with Crippen molar-refractivity contribution in [3.8, 4) is 0 Å². The van der Waals surface area contributed by atoms with Crippen LogP contribution in [0.15, 0.2) is 47.4 Å². The number of halogens is 2. The summed E-state index contributed by atoms with van der Waals surface area (Å²) in [5.41, 5.74) is 2.44. The molecule has 0 heterocycles. The van der Waals surface area contributed by atoms with Gasteiger partial charge in [-0.2, -0.15) is 0 Å². The van der Waals surface area contributed by atoms with Crippen LogP contribution >= 0.6 is 23.2 Å². The first-order valence-electron chi connectivity index (χ1n) is 7.33. The van der Waals surface area contributed by atoms with Gasteiger partial charge in [0.1, 0.15) is 12.3 Å². The van der Waals surface area contributed by atoms with Gasteiger partial charge in [0, 0.05) is 10.6 Å². The average molecular weight is 373 g/mol. The van der Waals surface area contributed by atoms with Crippen molar-refractivity contribution in [2.75, 3.05) is 19.3 Å². The van der Waals surface area contributed by atoms with Crippen molar-refractivity contribution < 1.29 is 13.3 Å². The summed E-state index contributed by atoms with van der Waals surface area (Å²) in [6.07, 6.45) is 0. The first-order valence-corrected chi connectivity index (χ1v) is 9.74. The maximum Gasteiger partial charge on any atom is 0.185 e. The van der Waals surface area contributed by atoms with E-state index in [1.807, 2.05) is 19.2 Å². The third kappa shape index (κ3) is 4.95. The Kier molecular flexibility index (Phi) is 6.09. The van der Waals surface area contributed by atoms with Crippen LogP contribution in [0.25, 0.3) is 0 Å². The SMILES string of the molecule is Cc1ccccc1C[NH+](C)CCS(=O)(=O)c1cc(Cl)ccc1Cl. The standard InChI is InChI=1S/C17H19Cl2NO2S/c1-13-5-3-4-6-14(13)12-20(2)9-10-23(21,22)17-11-15(18)7-8-16(17)19/h3-8,11H,9-10,12H2,1-2H3/p+1. The Balaban J connectivity index is 2.04. The summed E-state index contributed by atoms with van der Waals surface area (Å²) in [6.45, 7) is 3.34. The molecule has 0 radical (unpaired) electrons. The summed E-state index contributed by atoms with van der Waals surface area (Å²) in [4.78, 5) is 1.23. The summed E-state index contributed by atoms with van der Waals surface area (Å²) >= 11 is 11.9. The fourth-order valence-corrected chi connectivity index (χ4v) is 4.57. The number of quaternary nitrogens is 1. The highest BCUT2D eigenvalue weighted by Crippen LogP contribution is 2.25. The van der Waals surface area contributed by atoms with Crippen molar-refractivity contribution in [1.29, 1.82) is 0 Å². The number of benzene rings is 2. The second kappa shape index (κ2) is 7.67. The predicted molar refractivity (Wildman–Crippen MR) is 95.2 cm³/mol. The minimum absolute atomic E-state index is 0.0325. The lowest BCUT2D eigenvalue weighted by atomic mass is 10.1. The van der Waals surface area contributed by atoms with Crippen molar-refractivity contribution in [3.05, 3.63) is 63.6 Å². The first-order chi connectivity index (χ1) is 10.8. The van der Waals surface area contributed by atoms with E-state index in [1.54, 1.807) is 6.07 Å². The van der Waals surface area contributed by atoms with Crippen molar-refractivity contribution in [3.63, 3.8) is 0 Å². The Bertz CT molecular complexity index is 791. The topological polar surface area (TPSA) is 38.6 Å². The lowest BCUT2D eigenvalue weighted by Crippen LogP contribution is -3.08. The smallest absolute Gasteiger partial charge is 0.185 e. The molecule has 0 aliphatic heterocycles. The van der Waals surface area contributed by atoms with Crippen LogP contribution in [0.1, 0.15) is 11.1 Å². The number of nitrogens with one attached hydrogen (secondary N) is 1. The molecule has 3 nitrogen and oxygen atoms in total. The Hall–Kier alpha value is -1.07. The molecule has 1 atom stereocenters. The van der Waals surface area contributed by atoms with Gasteiger partial charge in [-0.15, -0.1) is 0 Å². The van der Waals surface area contributed by atoms with E-state index in [1.165, 1.54) is 23.3 Å². The lowest BCUT2D eigenvalue weighted by Gasteiger charge is -2.16. The predicted octanol–water partition coefficient (Wildman–Crippen LogP) is 2.79. The van der Waals surface area contributed by atoms with Gasteiger partial charge in [-0.05, 0) is 30.7 Å². The van der Waals surface area contributed by atoms with E-state index in [0.29, 0.717) is 11.6 Å². The maximum atomic E-state index is 12.5. The van der Waals surface area contributed by atoms with Gasteiger partial charge in [0.2, 0.25) is 0 Å². The molecule has 0 saturated heterocycles. The first kappa shape index (κ1) is 18.3. The minimum Gasteiger partial charge on any atom is -0.333 e. The van der Waals surface area contributed by atoms with E-state index in [0.717, 1.165) is 11.4 Å². The Morgan fingerprint density at radius 1 is 1.09 bits per heavy atom. The van der Waals surface area contributed by atoms with E-state index in [-0.39, 0.29) is 15.7 Å². The van der Waals surface area contributed by atoms with E-state index in [2.05, 4.69) is 19.1 Å². The van der Waals surface area contributed by atoms with Gasteiger partial charge in [-0.1, -0.05) is 47.5 Å². The second-order valence-corrected chi connectivity index (χ2v) is 8.63. The van der Waals surface area contributed by atoms with Crippen LogP contribution < -0.4 is 4.90 Å².